The lowest BCUT2D eigenvalue weighted by molar-refractivity contribution is 0.188. The van der Waals surface area contributed by atoms with Gasteiger partial charge in [-0.3, -0.25) is 0 Å². The molecule has 0 aliphatic carbocycles. The van der Waals surface area contributed by atoms with Gasteiger partial charge in [-0.05, 0) is 36.7 Å². The summed E-state index contributed by atoms with van der Waals surface area (Å²) >= 11 is 2.04. The number of hydrogen-bond donors (Lipinski definition) is 1. The highest BCUT2D eigenvalue weighted by Gasteiger charge is 2.21. The fourth-order valence-corrected chi connectivity index (χ4v) is 2.94. The molecular weight excluding hydrogens is 170 g/mol. The van der Waals surface area contributed by atoms with Crippen molar-refractivity contribution in [1.29, 1.82) is 0 Å². The first-order chi connectivity index (χ1) is 5.84. The van der Waals surface area contributed by atoms with Crippen LogP contribution in [0.3, 0.4) is 0 Å². The van der Waals surface area contributed by atoms with Crippen LogP contribution in [0.25, 0.3) is 0 Å². The Labute approximate surface area is 79.2 Å². The van der Waals surface area contributed by atoms with Gasteiger partial charge >= 0.3 is 0 Å². The molecule has 72 valence electrons. The van der Waals surface area contributed by atoms with E-state index in [9.17, 15) is 0 Å². The summed E-state index contributed by atoms with van der Waals surface area (Å²) in [7, 11) is 1.75. The van der Waals surface area contributed by atoms with Crippen molar-refractivity contribution < 1.29 is 4.74 Å². The molecule has 2 atom stereocenters. The summed E-state index contributed by atoms with van der Waals surface area (Å²) in [4.78, 5) is 0. The van der Waals surface area contributed by atoms with Gasteiger partial charge in [0, 0.05) is 19.8 Å². The van der Waals surface area contributed by atoms with Crippen LogP contribution >= 0.6 is 11.8 Å². The van der Waals surface area contributed by atoms with E-state index in [-0.39, 0.29) is 0 Å². The van der Waals surface area contributed by atoms with E-state index >= 15 is 0 Å². The number of hydrogen-bond acceptors (Lipinski definition) is 3. The van der Waals surface area contributed by atoms with Crippen LogP contribution in [0.4, 0.5) is 0 Å². The molecule has 0 bridgehead atoms. The number of methoxy groups -OCH3 is 1. The Kier molecular flexibility index (Phi) is 5.04. The highest BCUT2D eigenvalue weighted by Crippen LogP contribution is 2.26. The molecule has 0 saturated carbocycles. The largest absolute Gasteiger partial charge is 0.385 e. The molecule has 1 rings (SSSR count). The molecule has 0 amide bonds. The van der Waals surface area contributed by atoms with E-state index in [1.807, 2.05) is 11.8 Å². The third-order valence-corrected chi connectivity index (χ3v) is 3.64. The van der Waals surface area contributed by atoms with E-state index in [4.69, 9.17) is 10.5 Å². The average molecular weight is 189 g/mol. The summed E-state index contributed by atoms with van der Waals surface area (Å²) in [5.41, 5.74) is 6.05. The zero-order chi connectivity index (χ0) is 8.81. The zero-order valence-corrected chi connectivity index (χ0v) is 8.61. The van der Waals surface area contributed by atoms with Crippen molar-refractivity contribution in [3.05, 3.63) is 0 Å². The molecule has 12 heavy (non-hydrogen) atoms. The quantitative estimate of drug-likeness (QED) is 0.666. The molecule has 0 aromatic carbocycles. The predicted molar refractivity (Wildman–Crippen MR) is 54.5 cm³/mol. The molecule has 0 aromatic rings. The Bertz CT molecular complexity index is 115. The van der Waals surface area contributed by atoms with Crippen LogP contribution in [0, 0.1) is 5.92 Å². The molecule has 1 aliphatic heterocycles. The first kappa shape index (κ1) is 10.4. The molecular formula is C9H19NOS. The summed E-state index contributed by atoms with van der Waals surface area (Å²) in [5.74, 6) is 3.35. The van der Waals surface area contributed by atoms with Crippen molar-refractivity contribution in [2.24, 2.45) is 11.7 Å². The van der Waals surface area contributed by atoms with E-state index in [2.05, 4.69) is 0 Å². The van der Waals surface area contributed by atoms with Gasteiger partial charge in [-0.2, -0.15) is 11.8 Å². The minimum absolute atomic E-state index is 0.412. The van der Waals surface area contributed by atoms with Crippen molar-refractivity contribution in [3.8, 4) is 0 Å². The van der Waals surface area contributed by atoms with Gasteiger partial charge in [-0.1, -0.05) is 0 Å². The maximum atomic E-state index is 6.05. The SMILES string of the molecule is COCCCC(N)C1CCSC1. The van der Waals surface area contributed by atoms with E-state index < -0.39 is 0 Å². The fraction of sp³-hybridized carbons (Fsp3) is 1.00. The summed E-state index contributed by atoms with van der Waals surface area (Å²) in [6, 6.07) is 0.412. The van der Waals surface area contributed by atoms with Gasteiger partial charge in [0.25, 0.3) is 0 Å². The minimum atomic E-state index is 0.412. The molecule has 3 heteroatoms. The van der Waals surface area contributed by atoms with Crippen LogP contribution in [0.5, 0.6) is 0 Å². The summed E-state index contributed by atoms with van der Waals surface area (Å²) in [5, 5.41) is 0. The normalized spacial score (nSPS) is 26.0. The van der Waals surface area contributed by atoms with Crippen LogP contribution in [0.15, 0.2) is 0 Å². The Balaban J connectivity index is 2.05. The molecule has 2 N–H and O–H groups in total. The van der Waals surface area contributed by atoms with Crippen LogP contribution in [-0.4, -0.2) is 31.3 Å². The molecule has 2 nitrogen and oxygen atoms in total. The second-order valence-corrected chi connectivity index (χ2v) is 4.57. The molecule has 1 saturated heterocycles. The molecule has 1 aliphatic rings. The Morgan fingerprint density at radius 3 is 3.08 bits per heavy atom. The summed E-state index contributed by atoms with van der Waals surface area (Å²) in [6.45, 7) is 0.855. The van der Waals surface area contributed by atoms with Gasteiger partial charge in [0.2, 0.25) is 0 Å². The second-order valence-electron chi connectivity index (χ2n) is 3.42. The van der Waals surface area contributed by atoms with Crippen LogP contribution in [0.1, 0.15) is 19.3 Å². The van der Waals surface area contributed by atoms with Crippen molar-refractivity contribution in [2.75, 3.05) is 25.2 Å². The first-order valence-electron chi connectivity index (χ1n) is 4.67. The van der Waals surface area contributed by atoms with E-state index in [1.54, 1.807) is 7.11 Å². The van der Waals surface area contributed by atoms with Gasteiger partial charge in [0.15, 0.2) is 0 Å². The average Bonchev–Trinajstić information content (AvgIpc) is 2.56. The molecule has 0 aromatic heterocycles. The van der Waals surface area contributed by atoms with Crippen LogP contribution in [0.2, 0.25) is 0 Å². The monoisotopic (exact) mass is 189 g/mol. The fourth-order valence-electron chi connectivity index (χ4n) is 1.59. The zero-order valence-electron chi connectivity index (χ0n) is 7.79. The molecule has 1 heterocycles. The standard InChI is InChI=1S/C9H19NOS/c1-11-5-2-3-9(10)8-4-6-12-7-8/h8-9H,2-7,10H2,1H3. The minimum Gasteiger partial charge on any atom is -0.385 e. The lowest BCUT2D eigenvalue weighted by Gasteiger charge is -2.17. The number of ether oxygens (including phenoxy) is 1. The Morgan fingerprint density at radius 2 is 2.50 bits per heavy atom. The van der Waals surface area contributed by atoms with Gasteiger partial charge in [0.05, 0.1) is 0 Å². The van der Waals surface area contributed by atoms with E-state index in [0.29, 0.717) is 6.04 Å². The topological polar surface area (TPSA) is 35.2 Å². The maximum absolute atomic E-state index is 6.05. The van der Waals surface area contributed by atoms with E-state index in [1.165, 1.54) is 17.9 Å². The van der Waals surface area contributed by atoms with Crippen LogP contribution in [-0.2, 0) is 4.74 Å². The summed E-state index contributed by atoms with van der Waals surface area (Å²) in [6.07, 6.45) is 3.55. The Morgan fingerprint density at radius 1 is 1.67 bits per heavy atom. The Hall–Kier alpha value is 0.270. The lowest BCUT2D eigenvalue weighted by atomic mass is 9.96. The first-order valence-corrected chi connectivity index (χ1v) is 5.82. The van der Waals surface area contributed by atoms with Crippen molar-refractivity contribution in [2.45, 2.75) is 25.3 Å². The smallest absolute Gasteiger partial charge is 0.0462 e. The van der Waals surface area contributed by atoms with Crippen molar-refractivity contribution in [3.63, 3.8) is 0 Å². The molecule has 1 fully saturated rings. The molecule has 2 unspecified atom stereocenters. The number of thioether (sulfide) groups is 1. The van der Waals surface area contributed by atoms with Crippen LogP contribution < -0.4 is 5.73 Å². The van der Waals surface area contributed by atoms with Crippen molar-refractivity contribution >= 4 is 11.8 Å². The second kappa shape index (κ2) is 5.84. The summed E-state index contributed by atoms with van der Waals surface area (Å²) < 4.78 is 4.99. The maximum Gasteiger partial charge on any atom is 0.0462 e. The van der Waals surface area contributed by atoms with Gasteiger partial charge < -0.3 is 10.5 Å². The highest BCUT2D eigenvalue weighted by atomic mass is 32.2. The predicted octanol–water partition coefficient (Wildman–Crippen LogP) is 1.49. The number of rotatable bonds is 5. The third kappa shape index (κ3) is 3.33. The van der Waals surface area contributed by atoms with Crippen molar-refractivity contribution in [1.82, 2.24) is 0 Å². The van der Waals surface area contributed by atoms with Gasteiger partial charge in [0.1, 0.15) is 0 Å². The number of nitrogens with two attached hydrogens (primary N) is 1. The highest BCUT2D eigenvalue weighted by molar-refractivity contribution is 7.99. The van der Waals surface area contributed by atoms with Gasteiger partial charge in [-0.15, -0.1) is 0 Å². The lowest BCUT2D eigenvalue weighted by Crippen LogP contribution is -2.30. The van der Waals surface area contributed by atoms with E-state index in [0.717, 1.165) is 25.4 Å². The molecule has 0 radical (unpaired) electrons. The third-order valence-electron chi connectivity index (χ3n) is 2.46. The van der Waals surface area contributed by atoms with Gasteiger partial charge in [-0.25, -0.2) is 0 Å². The molecule has 0 spiro atoms.